The number of ketones is 1. The third kappa shape index (κ3) is 5.39. The van der Waals surface area contributed by atoms with Crippen LogP contribution in [0.15, 0.2) is 24.3 Å². The lowest BCUT2D eigenvalue weighted by atomic mass is 9.88. The first-order chi connectivity index (χ1) is 20.6. The van der Waals surface area contributed by atoms with Crippen LogP contribution in [-0.2, 0) is 21.4 Å². The number of aromatic amines is 1. The number of Topliss-reactive ketones (excluding diaryl/α,β-unsaturated/α-hetero) is 1. The first kappa shape index (κ1) is 29.5. The third-order valence-corrected chi connectivity index (χ3v) is 13.1. The standard InChI is InChI=1S/C34H44N4O3S2/c1-21-15-22(2)17-23(16-21)31-30(28(39)20-36-10-9-26(19-36)37-11-13-43(41)14-12-37)27-18-29(42-32(27)35-31)34(3,4)33(40)38-24-5-6-25(38)8-7-24/h15-18,24-26,35H,5-14,19-20H2,1-4H3. The van der Waals surface area contributed by atoms with E-state index in [1.165, 1.54) is 11.1 Å². The van der Waals surface area contributed by atoms with Gasteiger partial charge in [-0.1, -0.05) is 28.4 Å². The number of carbonyl (C=O) groups excluding carboxylic acids is 2. The van der Waals surface area contributed by atoms with Gasteiger partial charge in [0, 0.05) is 54.6 Å². The fourth-order valence-electron chi connectivity index (χ4n) is 8.14. The van der Waals surface area contributed by atoms with Crippen molar-refractivity contribution in [2.75, 3.05) is 44.2 Å². The van der Waals surface area contributed by atoms with E-state index in [2.05, 4.69) is 71.6 Å². The molecule has 3 aromatic rings. The number of aromatic nitrogens is 1. The summed E-state index contributed by atoms with van der Waals surface area (Å²) in [7, 11) is 0. The van der Waals surface area contributed by atoms with Crippen LogP contribution >= 0.6 is 11.3 Å². The lowest BCUT2D eigenvalue weighted by Crippen LogP contribution is -2.47. The van der Waals surface area contributed by atoms with E-state index in [1.54, 1.807) is 11.3 Å². The highest BCUT2D eigenvalue weighted by Gasteiger charge is 2.47. The van der Waals surface area contributed by atoms with E-state index in [0.717, 1.165) is 102 Å². The second kappa shape index (κ2) is 11.3. The number of rotatable bonds is 7. The minimum Gasteiger partial charge on any atom is -0.616 e. The fraction of sp³-hybridized carbons (Fsp3) is 0.588. The predicted molar refractivity (Wildman–Crippen MR) is 176 cm³/mol. The monoisotopic (exact) mass is 620 g/mol. The normalized spacial score (nSPS) is 25.4. The molecular formula is C34H44N4O3S2. The first-order valence-corrected chi connectivity index (χ1v) is 18.3. The summed E-state index contributed by atoms with van der Waals surface area (Å²) in [4.78, 5) is 40.8. The fourth-order valence-corrected chi connectivity index (χ4v) is 10.4. The average Bonchev–Trinajstić information content (AvgIpc) is 3.79. The molecule has 4 fully saturated rings. The van der Waals surface area contributed by atoms with Crippen molar-refractivity contribution in [3.05, 3.63) is 45.8 Å². The van der Waals surface area contributed by atoms with E-state index in [1.807, 2.05) is 0 Å². The van der Waals surface area contributed by atoms with E-state index in [9.17, 15) is 14.1 Å². The Balaban J connectivity index is 1.19. The van der Waals surface area contributed by atoms with E-state index in [4.69, 9.17) is 0 Å². The van der Waals surface area contributed by atoms with Crippen LogP contribution in [0.3, 0.4) is 0 Å². The van der Waals surface area contributed by atoms with Gasteiger partial charge in [0.25, 0.3) is 0 Å². The van der Waals surface area contributed by atoms with Crippen molar-refractivity contribution in [2.24, 2.45) is 0 Å². The van der Waals surface area contributed by atoms with Gasteiger partial charge in [0.05, 0.1) is 23.2 Å². The number of nitrogens with one attached hydrogen (secondary N) is 1. The Kier molecular flexibility index (Phi) is 7.78. The Morgan fingerprint density at radius 1 is 0.953 bits per heavy atom. The summed E-state index contributed by atoms with van der Waals surface area (Å²) in [5.74, 6) is 1.88. The molecule has 0 aliphatic carbocycles. The molecule has 230 valence electrons. The molecule has 0 spiro atoms. The molecule has 7 rings (SSSR count). The van der Waals surface area contributed by atoms with Crippen molar-refractivity contribution in [1.82, 2.24) is 19.7 Å². The van der Waals surface area contributed by atoms with Gasteiger partial charge in [-0.2, -0.15) is 0 Å². The Bertz CT molecular complexity index is 1510. The smallest absolute Gasteiger partial charge is 0.233 e. The number of amides is 1. The molecular weight excluding hydrogens is 577 g/mol. The lowest BCUT2D eigenvalue weighted by molar-refractivity contribution is -0.137. The summed E-state index contributed by atoms with van der Waals surface area (Å²) < 4.78 is 11.9. The summed E-state index contributed by atoms with van der Waals surface area (Å²) in [5, 5.41) is 0.943. The maximum atomic E-state index is 14.3. The number of thiophene rings is 1. The Morgan fingerprint density at radius 3 is 2.26 bits per heavy atom. The zero-order chi connectivity index (χ0) is 30.0. The van der Waals surface area contributed by atoms with Crippen LogP contribution in [-0.4, -0.2) is 98.3 Å². The summed E-state index contributed by atoms with van der Waals surface area (Å²) >= 11 is 0.949. The van der Waals surface area contributed by atoms with Crippen LogP contribution in [0.2, 0.25) is 0 Å². The molecule has 2 bridgehead atoms. The van der Waals surface area contributed by atoms with Crippen molar-refractivity contribution >= 4 is 44.4 Å². The molecule has 6 heterocycles. The van der Waals surface area contributed by atoms with Crippen LogP contribution < -0.4 is 0 Å². The second-order valence-electron chi connectivity index (χ2n) is 13.9. The molecule has 1 N–H and O–H groups in total. The molecule has 2 aromatic heterocycles. The predicted octanol–water partition coefficient (Wildman–Crippen LogP) is 5.27. The zero-order valence-corrected chi connectivity index (χ0v) is 27.5. The number of nitrogens with zero attached hydrogens (tertiary/aromatic N) is 3. The van der Waals surface area contributed by atoms with E-state index in [0.29, 0.717) is 24.7 Å². The number of hydrogen-bond acceptors (Lipinski definition) is 6. The largest absolute Gasteiger partial charge is 0.616 e. The molecule has 0 radical (unpaired) electrons. The first-order valence-electron chi connectivity index (χ1n) is 16.0. The maximum Gasteiger partial charge on any atom is 0.233 e. The Hall–Kier alpha value is -2.17. The van der Waals surface area contributed by atoms with Gasteiger partial charge in [0.1, 0.15) is 16.3 Å². The van der Waals surface area contributed by atoms with Crippen molar-refractivity contribution < 1.29 is 14.1 Å². The molecule has 4 saturated heterocycles. The van der Waals surface area contributed by atoms with Crippen LogP contribution in [0, 0.1) is 13.8 Å². The zero-order valence-electron chi connectivity index (χ0n) is 25.9. The van der Waals surface area contributed by atoms with Crippen LogP contribution in [0.4, 0.5) is 0 Å². The van der Waals surface area contributed by atoms with Gasteiger partial charge >= 0.3 is 0 Å². The minimum absolute atomic E-state index is 0.131. The molecule has 43 heavy (non-hydrogen) atoms. The average molecular weight is 621 g/mol. The number of carbonyl (C=O) groups is 2. The van der Waals surface area contributed by atoms with Crippen LogP contribution in [0.25, 0.3) is 21.5 Å². The number of aryl methyl sites for hydroxylation is 2. The molecule has 1 unspecified atom stereocenters. The lowest BCUT2D eigenvalue weighted by Gasteiger charge is -2.32. The molecule has 9 heteroatoms. The quantitative estimate of drug-likeness (QED) is 0.288. The summed E-state index contributed by atoms with van der Waals surface area (Å²) in [6.07, 6.45) is 5.56. The van der Waals surface area contributed by atoms with Gasteiger partial charge < -0.3 is 14.4 Å². The maximum absolute atomic E-state index is 14.3. The second-order valence-corrected chi connectivity index (χ2v) is 16.6. The van der Waals surface area contributed by atoms with E-state index >= 15 is 0 Å². The van der Waals surface area contributed by atoms with Gasteiger partial charge in [-0.25, -0.2) is 0 Å². The molecule has 0 saturated carbocycles. The number of likely N-dealkylation sites (tertiary alicyclic amines) is 1. The van der Waals surface area contributed by atoms with Crippen LogP contribution in [0.5, 0.6) is 0 Å². The van der Waals surface area contributed by atoms with Gasteiger partial charge in [-0.15, -0.1) is 11.3 Å². The van der Waals surface area contributed by atoms with Gasteiger partial charge in [0.15, 0.2) is 5.78 Å². The van der Waals surface area contributed by atoms with Crippen LogP contribution in [0.1, 0.15) is 72.3 Å². The molecule has 1 atom stereocenters. The number of hydrogen-bond donors (Lipinski definition) is 1. The number of benzene rings is 1. The highest BCUT2D eigenvalue weighted by Crippen LogP contribution is 2.44. The summed E-state index contributed by atoms with van der Waals surface area (Å²) in [6, 6.07) is 9.82. The van der Waals surface area contributed by atoms with Gasteiger partial charge in [-0.3, -0.25) is 19.4 Å². The molecule has 1 amide bonds. The molecule has 7 nitrogen and oxygen atoms in total. The number of H-pyrrole nitrogens is 1. The van der Waals surface area contributed by atoms with Crippen molar-refractivity contribution in [3.8, 4) is 11.3 Å². The summed E-state index contributed by atoms with van der Waals surface area (Å²) in [6.45, 7) is 12.2. The van der Waals surface area contributed by atoms with Gasteiger partial charge in [0.2, 0.25) is 5.91 Å². The SMILES string of the molecule is Cc1cc(C)cc(-c2[nH]c3sc(C(C)(C)C(=O)N4C5CCC4CC5)cc3c2C(=O)CN2CCC(N3CC[S+]([O-])CC3)C2)c1. The highest BCUT2D eigenvalue weighted by molar-refractivity contribution is 7.91. The van der Waals surface area contributed by atoms with Crippen molar-refractivity contribution in [3.63, 3.8) is 0 Å². The highest BCUT2D eigenvalue weighted by atomic mass is 32.2. The van der Waals surface area contributed by atoms with Crippen molar-refractivity contribution in [2.45, 2.75) is 83.3 Å². The molecule has 4 aliphatic heterocycles. The van der Waals surface area contributed by atoms with E-state index in [-0.39, 0.29) is 11.7 Å². The van der Waals surface area contributed by atoms with E-state index < -0.39 is 16.6 Å². The Morgan fingerprint density at radius 2 is 1.60 bits per heavy atom. The van der Waals surface area contributed by atoms with Crippen molar-refractivity contribution in [1.29, 1.82) is 0 Å². The number of fused-ring (bicyclic) bond motifs is 3. The van der Waals surface area contributed by atoms with Gasteiger partial charge in [-0.05, 0) is 83.6 Å². The third-order valence-electron chi connectivity index (χ3n) is 10.5. The molecule has 1 aromatic carbocycles. The minimum atomic E-state index is -0.682. The molecule has 4 aliphatic rings. The topological polar surface area (TPSA) is 82.7 Å². The Labute approximate surface area is 262 Å². The summed E-state index contributed by atoms with van der Waals surface area (Å²) in [5.41, 5.74) is 4.38.